The Morgan fingerprint density at radius 3 is 2.08 bits per heavy atom. The Hall–Kier alpha value is -1.50. The molecule has 7 heteroatoms. The molecule has 0 unspecified atom stereocenters. The molecular weight excluding hydrogens is 176 g/mol. The quantitative estimate of drug-likeness (QED) is 0.540. The number of hydroxylamine groups is 1. The molecule has 0 aliphatic rings. The van der Waals surface area contributed by atoms with Crippen molar-refractivity contribution >= 4 is 12.1 Å². The number of carbonyl (C=O) groups is 2. The summed E-state index contributed by atoms with van der Waals surface area (Å²) < 4.78 is 0. The van der Waals surface area contributed by atoms with Gasteiger partial charge in [0.1, 0.15) is 0 Å². The number of urea groups is 1. The van der Waals surface area contributed by atoms with Gasteiger partial charge in [0, 0.05) is 28.2 Å². The van der Waals surface area contributed by atoms with E-state index in [-0.39, 0.29) is 0 Å². The summed E-state index contributed by atoms with van der Waals surface area (Å²) in [6, 6.07) is -0.611. The van der Waals surface area contributed by atoms with E-state index in [1.54, 1.807) is 14.1 Å². The molecule has 0 radical (unpaired) electrons. The number of rotatable bonds is 1. The fourth-order valence-electron chi connectivity index (χ4n) is 0.407. The zero-order valence-electron chi connectivity index (χ0n) is 8.12. The fraction of sp³-hybridized carbons (Fsp3) is 0.667. The largest absolute Gasteiger partial charge is 0.433 e. The molecule has 0 aromatic rings. The second kappa shape index (κ2) is 5.20. The first-order valence-corrected chi connectivity index (χ1v) is 3.55. The maximum absolute atomic E-state index is 10.8. The van der Waals surface area contributed by atoms with Crippen LogP contribution in [0.15, 0.2) is 0 Å². The number of amides is 3. The summed E-state index contributed by atoms with van der Waals surface area (Å²) in [5, 5.41) is 1.42. The van der Waals surface area contributed by atoms with Gasteiger partial charge in [-0.05, 0) is 0 Å². The van der Waals surface area contributed by atoms with Gasteiger partial charge in [0.2, 0.25) is 0 Å². The van der Waals surface area contributed by atoms with Gasteiger partial charge in [0.05, 0.1) is 0 Å². The summed E-state index contributed by atoms with van der Waals surface area (Å²) in [6.45, 7) is 0. The molecule has 0 atom stereocenters. The van der Waals surface area contributed by atoms with E-state index in [0.29, 0.717) is 0 Å². The van der Waals surface area contributed by atoms with Crippen molar-refractivity contribution in [3.05, 3.63) is 0 Å². The lowest BCUT2D eigenvalue weighted by Crippen LogP contribution is -2.45. The monoisotopic (exact) mass is 190 g/mol. The van der Waals surface area contributed by atoms with Crippen molar-refractivity contribution in [2.24, 2.45) is 0 Å². The maximum Gasteiger partial charge on any atom is 0.433 e. The first-order chi connectivity index (χ1) is 5.93. The van der Waals surface area contributed by atoms with Crippen LogP contribution < -0.4 is 10.9 Å². The topological polar surface area (TPSA) is 73.9 Å². The predicted molar refractivity (Wildman–Crippen MR) is 45.5 cm³/mol. The zero-order valence-corrected chi connectivity index (χ0v) is 8.12. The Morgan fingerprint density at radius 2 is 1.69 bits per heavy atom. The van der Waals surface area contributed by atoms with Gasteiger partial charge >= 0.3 is 12.1 Å². The van der Waals surface area contributed by atoms with E-state index in [1.165, 1.54) is 24.0 Å². The van der Waals surface area contributed by atoms with Crippen LogP contribution in [-0.4, -0.2) is 50.2 Å². The highest BCUT2D eigenvalue weighted by Gasteiger charge is 2.07. The third-order valence-electron chi connectivity index (χ3n) is 0.921. The van der Waals surface area contributed by atoms with Crippen LogP contribution >= 0.6 is 0 Å². The van der Waals surface area contributed by atoms with E-state index in [4.69, 9.17) is 0 Å². The van der Waals surface area contributed by atoms with E-state index in [9.17, 15) is 9.59 Å². The van der Waals surface area contributed by atoms with Gasteiger partial charge < -0.3 is 9.74 Å². The van der Waals surface area contributed by atoms with Crippen molar-refractivity contribution in [1.82, 2.24) is 20.8 Å². The molecule has 0 aliphatic carbocycles. The van der Waals surface area contributed by atoms with E-state index >= 15 is 0 Å². The first kappa shape index (κ1) is 11.5. The van der Waals surface area contributed by atoms with Gasteiger partial charge in [-0.1, -0.05) is 0 Å². The molecule has 0 heterocycles. The van der Waals surface area contributed by atoms with Gasteiger partial charge in [-0.25, -0.2) is 14.6 Å². The smallest absolute Gasteiger partial charge is 0.320 e. The second-order valence-electron chi connectivity index (χ2n) is 2.70. The molecule has 0 saturated heterocycles. The number of nitrogens with one attached hydrogen (secondary N) is 2. The zero-order chi connectivity index (χ0) is 10.4. The van der Waals surface area contributed by atoms with Crippen molar-refractivity contribution in [3.63, 3.8) is 0 Å². The van der Waals surface area contributed by atoms with Crippen molar-refractivity contribution in [2.75, 3.05) is 28.2 Å². The molecule has 2 N–H and O–H groups in total. The molecule has 0 spiro atoms. The minimum absolute atomic E-state index is 0.611. The molecule has 0 bridgehead atoms. The van der Waals surface area contributed by atoms with Crippen LogP contribution in [0.4, 0.5) is 9.59 Å². The average molecular weight is 190 g/mol. The molecule has 13 heavy (non-hydrogen) atoms. The molecule has 3 amide bonds. The minimum Gasteiger partial charge on any atom is -0.320 e. The molecular formula is C6H14N4O3. The predicted octanol–water partition coefficient (Wildman–Crippen LogP) is -0.625. The van der Waals surface area contributed by atoms with Gasteiger partial charge in [0.25, 0.3) is 0 Å². The summed E-state index contributed by atoms with van der Waals surface area (Å²) in [4.78, 5) is 27.2. The highest BCUT2D eigenvalue weighted by Crippen LogP contribution is 1.81. The van der Waals surface area contributed by atoms with E-state index in [1.807, 2.05) is 5.48 Å². The Bertz CT molecular complexity index is 192. The summed E-state index contributed by atoms with van der Waals surface area (Å²) in [5.74, 6) is 0. The van der Waals surface area contributed by atoms with Gasteiger partial charge in [0.15, 0.2) is 0 Å². The lowest BCUT2D eigenvalue weighted by atomic mass is 10.9. The Balaban J connectivity index is 3.64. The van der Waals surface area contributed by atoms with Gasteiger partial charge in [-0.2, -0.15) is 5.48 Å². The van der Waals surface area contributed by atoms with Crippen LogP contribution in [0.5, 0.6) is 0 Å². The lowest BCUT2D eigenvalue weighted by molar-refractivity contribution is 0.0734. The second-order valence-corrected chi connectivity index (χ2v) is 2.70. The van der Waals surface area contributed by atoms with Crippen LogP contribution in [0.2, 0.25) is 0 Å². The fourth-order valence-corrected chi connectivity index (χ4v) is 0.407. The van der Waals surface area contributed by atoms with Crippen LogP contribution in [0.3, 0.4) is 0 Å². The van der Waals surface area contributed by atoms with Gasteiger partial charge in [-0.15, -0.1) is 0 Å². The normalized spacial score (nSPS) is 9.31. The molecule has 0 fully saturated rings. The molecule has 0 saturated carbocycles. The molecule has 0 aliphatic heterocycles. The molecule has 0 aromatic heterocycles. The molecule has 0 aromatic carbocycles. The Kier molecular flexibility index (Phi) is 4.60. The minimum atomic E-state index is -0.645. The van der Waals surface area contributed by atoms with Crippen molar-refractivity contribution < 1.29 is 14.4 Å². The molecule has 7 nitrogen and oxygen atoms in total. The van der Waals surface area contributed by atoms with Gasteiger partial charge in [-0.3, -0.25) is 5.43 Å². The molecule has 76 valence electrons. The summed E-state index contributed by atoms with van der Waals surface area (Å²) in [6.07, 6.45) is -0.645. The highest BCUT2D eigenvalue weighted by atomic mass is 16.7. The van der Waals surface area contributed by atoms with Crippen LogP contribution in [0, 0.1) is 0 Å². The number of nitrogens with zero attached hydrogens (tertiary/aromatic N) is 2. The van der Waals surface area contributed by atoms with Crippen molar-refractivity contribution in [1.29, 1.82) is 0 Å². The van der Waals surface area contributed by atoms with Crippen molar-refractivity contribution in [2.45, 2.75) is 0 Å². The lowest BCUT2D eigenvalue weighted by Gasteiger charge is -2.14. The van der Waals surface area contributed by atoms with Crippen molar-refractivity contribution in [3.8, 4) is 0 Å². The van der Waals surface area contributed by atoms with Crippen LogP contribution in [0.25, 0.3) is 0 Å². The third kappa shape index (κ3) is 5.74. The number of hydrogen-bond donors (Lipinski definition) is 2. The summed E-state index contributed by atoms with van der Waals surface area (Å²) >= 11 is 0. The Labute approximate surface area is 76.5 Å². The third-order valence-corrected chi connectivity index (χ3v) is 0.921. The van der Waals surface area contributed by atoms with E-state index < -0.39 is 12.1 Å². The number of carbonyl (C=O) groups excluding carboxylic acids is 2. The van der Waals surface area contributed by atoms with Crippen LogP contribution in [-0.2, 0) is 4.84 Å². The number of hydrazine groups is 1. The standard InChI is InChI=1S/C6H14N4O3/c1-9(2)6(12)13-8-5(11)7-10(3)4/h1-4H3,(H2,7,8,11). The van der Waals surface area contributed by atoms with Crippen LogP contribution in [0.1, 0.15) is 0 Å². The van der Waals surface area contributed by atoms with E-state index in [2.05, 4.69) is 10.3 Å². The summed E-state index contributed by atoms with van der Waals surface area (Å²) in [7, 11) is 6.28. The van der Waals surface area contributed by atoms with E-state index in [0.717, 1.165) is 0 Å². The highest BCUT2D eigenvalue weighted by molar-refractivity contribution is 5.75. The summed E-state index contributed by atoms with van der Waals surface area (Å²) in [5.41, 5.74) is 4.24. The first-order valence-electron chi connectivity index (χ1n) is 3.55. The number of hydrogen-bond acceptors (Lipinski definition) is 4. The molecule has 0 rings (SSSR count). The SMILES string of the molecule is CN(C)NC(=O)NOC(=O)N(C)C. The maximum atomic E-state index is 10.8. The Morgan fingerprint density at radius 1 is 1.15 bits per heavy atom. The average Bonchev–Trinajstić information content (AvgIpc) is 1.98.